The van der Waals surface area contributed by atoms with E-state index in [1.54, 1.807) is 32.4 Å². The van der Waals surface area contributed by atoms with Gasteiger partial charge in [0.15, 0.2) is 18.1 Å². The minimum Gasteiger partial charge on any atom is -0.497 e. The van der Waals surface area contributed by atoms with Crippen LogP contribution in [0, 0.1) is 0 Å². The quantitative estimate of drug-likeness (QED) is 0.663. The highest BCUT2D eigenvalue weighted by Crippen LogP contribution is 2.26. The first-order valence-corrected chi connectivity index (χ1v) is 9.43. The molecule has 29 heavy (non-hydrogen) atoms. The lowest BCUT2D eigenvalue weighted by Crippen LogP contribution is -2.49. The molecule has 2 aromatic rings. The molecule has 7 heteroatoms. The number of hydrogen-bond acceptors (Lipinski definition) is 5. The van der Waals surface area contributed by atoms with Crippen molar-refractivity contribution < 1.29 is 23.8 Å². The van der Waals surface area contributed by atoms with Gasteiger partial charge < -0.3 is 24.4 Å². The summed E-state index contributed by atoms with van der Waals surface area (Å²) in [5.74, 6) is 1.18. The minimum atomic E-state index is -0.611. The number of rotatable bonds is 10. The van der Waals surface area contributed by atoms with Gasteiger partial charge in [0.25, 0.3) is 5.91 Å². The third-order valence-corrected chi connectivity index (χ3v) is 4.54. The molecule has 1 atom stereocenters. The fourth-order valence-corrected chi connectivity index (χ4v) is 3.01. The van der Waals surface area contributed by atoms with Gasteiger partial charge in [-0.2, -0.15) is 0 Å². The number of carbonyl (C=O) groups is 2. The molecule has 2 aromatic carbocycles. The second-order valence-corrected chi connectivity index (χ2v) is 6.35. The summed E-state index contributed by atoms with van der Waals surface area (Å²) in [7, 11) is 4.69. The summed E-state index contributed by atoms with van der Waals surface area (Å²) in [6.07, 6.45) is 0.476. The van der Waals surface area contributed by atoms with Crippen molar-refractivity contribution in [2.75, 3.05) is 27.9 Å². The number of methoxy groups -OCH3 is 2. The molecule has 1 N–H and O–H groups in total. The van der Waals surface area contributed by atoms with Gasteiger partial charge in [-0.1, -0.05) is 31.2 Å². The molecule has 0 saturated carbocycles. The molecule has 0 unspecified atom stereocenters. The van der Waals surface area contributed by atoms with Crippen LogP contribution in [0.1, 0.15) is 18.9 Å². The second kappa shape index (κ2) is 10.9. The molecule has 0 aromatic heterocycles. The number of likely N-dealkylation sites (N-methyl/N-ethyl adjacent to an activating group) is 1. The molecule has 0 aliphatic carbocycles. The van der Waals surface area contributed by atoms with Gasteiger partial charge in [0.05, 0.1) is 14.2 Å². The van der Waals surface area contributed by atoms with E-state index in [2.05, 4.69) is 5.32 Å². The molecule has 0 fully saturated rings. The molecule has 0 bridgehead atoms. The van der Waals surface area contributed by atoms with Gasteiger partial charge in [-0.3, -0.25) is 9.59 Å². The molecule has 0 aliphatic heterocycles. The maximum Gasteiger partial charge on any atom is 0.261 e. The van der Waals surface area contributed by atoms with Gasteiger partial charge in [0.2, 0.25) is 5.91 Å². The fourth-order valence-electron chi connectivity index (χ4n) is 3.01. The SMILES string of the molecule is CC[C@H](C(=O)NC)N(Cc1cccc(OC)c1)C(=O)COc1ccccc1OC. The zero-order chi connectivity index (χ0) is 21.2. The van der Waals surface area contributed by atoms with Gasteiger partial charge in [0, 0.05) is 13.6 Å². The number of para-hydroxylation sites is 2. The van der Waals surface area contributed by atoms with E-state index in [1.807, 2.05) is 37.3 Å². The van der Waals surface area contributed by atoms with Crippen LogP contribution in [0.4, 0.5) is 0 Å². The Morgan fingerprint density at radius 3 is 2.38 bits per heavy atom. The third-order valence-electron chi connectivity index (χ3n) is 4.54. The predicted octanol–water partition coefficient (Wildman–Crippen LogP) is 2.64. The number of nitrogens with zero attached hydrogens (tertiary/aromatic N) is 1. The summed E-state index contributed by atoms with van der Waals surface area (Å²) in [6, 6.07) is 13.9. The molecular weight excluding hydrogens is 372 g/mol. The summed E-state index contributed by atoms with van der Waals surface area (Å²) in [6.45, 7) is 1.92. The van der Waals surface area contributed by atoms with Gasteiger partial charge in [-0.05, 0) is 36.2 Å². The van der Waals surface area contributed by atoms with Gasteiger partial charge in [-0.25, -0.2) is 0 Å². The molecule has 2 amide bonds. The Bertz CT molecular complexity index is 824. The van der Waals surface area contributed by atoms with Crippen LogP contribution in [-0.4, -0.2) is 50.6 Å². The van der Waals surface area contributed by atoms with Crippen LogP contribution in [0.3, 0.4) is 0 Å². The smallest absolute Gasteiger partial charge is 0.261 e. The van der Waals surface area contributed by atoms with Gasteiger partial charge >= 0.3 is 0 Å². The van der Waals surface area contributed by atoms with Crippen molar-refractivity contribution in [3.63, 3.8) is 0 Å². The first-order valence-electron chi connectivity index (χ1n) is 9.43. The normalized spacial score (nSPS) is 11.3. The van der Waals surface area contributed by atoms with Crippen LogP contribution < -0.4 is 19.5 Å². The molecular formula is C22H28N2O5. The van der Waals surface area contributed by atoms with Crippen LogP contribution in [0.2, 0.25) is 0 Å². The monoisotopic (exact) mass is 400 g/mol. The summed E-state index contributed by atoms with van der Waals surface area (Å²) < 4.78 is 16.2. The van der Waals surface area contributed by atoms with Crippen LogP contribution in [0.5, 0.6) is 17.2 Å². The summed E-state index contributed by atoms with van der Waals surface area (Å²) in [4.78, 5) is 27.0. The van der Waals surface area contributed by atoms with Crippen molar-refractivity contribution in [2.45, 2.75) is 25.9 Å². The Hall–Kier alpha value is -3.22. The molecule has 7 nitrogen and oxygen atoms in total. The lowest BCUT2D eigenvalue weighted by Gasteiger charge is -2.30. The van der Waals surface area contributed by atoms with Crippen molar-refractivity contribution in [1.82, 2.24) is 10.2 Å². The largest absolute Gasteiger partial charge is 0.497 e. The van der Waals surface area contributed by atoms with E-state index >= 15 is 0 Å². The molecule has 0 aliphatic rings. The second-order valence-electron chi connectivity index (χ2n) is 6.35. The van der Waals surface area contributed by atoms with Crippen molar-refractivity contribution in [1.29, 1.82) is 0 Å². The standard InChI is InChI=1S/C22H28N2O5/c1-5-18(22(26)23-2)24(14-16-9-8-10-17(13-16)27-3)21(25)15-29-20-12-7-6-11-19(20)28-4/h6-13,18H,5,14-15H2,1-4H3,(H,23,26)/t18-/m1/s1. The number of amides is 2. The number of hydrogen-bond donors (Lipinski definition) is 1. The average molecular weight is 400 g/mol. The van der Waals surface area contributed by atoms with E-state index in [0.29, 0.717) is 23.7 Å². The highest BCUT2D eigenvalue weighted by molar-refractivity contribution is 5.88. The molecule has 0 saturated heterocycles. The topological polar surface area (TPSA) is 77.1 Å². The minimum absolute atomic E-state index is 0.210. The number of nitrogens with one attached hydrogen (secondary N) is 1. The van der Waals surface area contributed by atoms with E-state index in [-0.39, 0.29) is 25.0 Å². The highest BCUT2D eigenvalue weighted by Gasteiger charge is 2.28. The Morgan fingerprint density at radius 1 is 1.03 bits per heavy atom. The maximum absolute atomic E-state index is 13.0. The third kappa shape index (κ3) is 5.88. The van der Waals surface area contributed by atoms with Crippen LogP contribution in [0.15, 0.2) is 48.5 Å². The van der Waals surface area contributed by atoms with E-state index in [4.69, 9.17) is 14.2 Å². The van der Waals surface area contributed by atoms with E-state index in [1.165, 1.54) is 12.0 Å². The first-order chi connectivity index (χ1) is 14.0. The van der Waals surface area contributed by atoms with Crippen molar-refractivity contribution in [3.05, 3.63) is 54.1 Å². The molecule has 156 valence electrons. The van der Waals surface area contributed by atoms with Crippen LogP contribution in [0.25, 0.3) is 0 Å². The van der Waals surface area contributed by atoms with Crippen molar-refractivity contribution in [3.8, 4) is 17.2 Å². The van der Waals surface area contributed by atoms with Crippen LogP contribution >= 0.6 is 0 Å². The average Bonchev–Trinajstić information content (AvgIpc) is 2.77. The van der Waals surface area contributed by atoms with Crippen molar-refractivity contribution >= 4 is 11.8 Å². The molecule has 0 heterocycles. The first kappa shape index (κ1) is 22.1. The number of carbonyl (C=O) groups excluding carboxylic acids is 2. The van der Waals surface area contributed by atoms with Gasteiger partial charge in [0.1, 0.15) is 11.8 Å². The van der Waals surface area contributed by atoms with E-state index in [0.717, 1.165) is 5.56 Å². The zero-order valence-electron chi connectivity index (χ0n) is 17.3. The van der Waals surface area contributed by atoms with Crippen molar-refractivity contribution in [2.24, 2.45) is 0 Å². The Labute approximate surface area is 171 Å². The highest BCUT2D eigenvalue weighted by atomic mass is 16.5. The molecule has 0 radical (unpaired) electrons. The summed E-state index contributed by atoms with van der Waals surface area (Å²) in [5, 5.41) is 2.63. The fraction of sp³-hybridized carbons (Fsp3) is 0.364. The lowest BCUT2D eigenvalue weighted by molar-refractivity contribution is -0.142. The summed E-state index contributed by atoms with van der Waals surface area (Å²) in [5.41, 5.74) is 0.859. The summed E-state index contributed by atoms with van der Waals surface area (Å²) >= 11 is 0. The Kier molecular flexibility index (Phi) is 8.33. The molecule has 2 rings (SSSR count). The van der Waals surface area contributed by atoms with E-state index < -0.39 is 6.04 Å². The van der Waals surface area contributed by atoms with Gasteiger partial charge in [-0.15, -0.1) is 0 Å². The predicted molar refractivity (Wildman–Crippen MR) is 110 cm³/mol. The Morgan fingerprint density at radius 2 is 1.76 bits per heavy atom. The lowest BCUT2D eigenvalue weighted by atomic mass is 10.1. The van der Waals surface area contributed by atoms with E-state index in [9.17, 15) is 9.59 Å². The van der Waals surface area contributed by atoms with Crippen LogP contribution in [-0.2, 0) is 16.1 Å². The maximum atomic E-state index is 13.0. The number of ether oxygens (including phenoxy) is 3. The zero-order valence-corrected chi connectivity index (χ0v) is 17.3. The number of benzene rings is 2. The Balaban J connectivity index is 2.22. The molecule has 0 spiro atoms.